The van der Waals surface area contributed by atoms with Crippen LogP contribution in [0.15, 0.2) is 30.0 Å². The van der Waals surface area contributed by atoms with E-state index in [1.54, 1.807) is 0 Å². The van der Waals surface area contributed by atoms with Gasteiger partial charge in [-0.2, -0.15) is 0 Å². The first-order valence-corrected chi connectivity index (χ1v) is 9.10. The summed E-state index contributed by atoms with van der Waals surface area (Å²) >= 11 is 0. The quantitative estimate of drug-likeness (QED) is 0.835. The lowest BCUT2D eigenvalue weighted by atomic mass is 10.1. The van der Waals surface area contributed by atoms with E-state index in [1.807, 2.05) is 18.3 Å². The Hall–Kier alpha value is -1.88. The minimum Gasteiger partial charge on any atom is -0.378 e. The number of hydrogen-bond acceptors (Lipinski definition) is 4. The molecule has 1 aliphatic heterocycles. The van der Waals surface area contributed by atoms with Gasteiger partial charge in [-0.3, -0.25) is 4.79 Å². The zero-order valence-corrected chi connectivity index (χ0v) is 15.7. The van der Waals surface area contributed by atoms with E-state index in [0.717, 1.165) is 37.7 Å². The van der Waals surface area contributed by atoms with Crippen LogP contribution in [-0.2, 0) is 16.1 Å². The maximum atomic E-state index is 12.5. The standard InChI is InChI=1S/C20H29N3O2/c1-14(2)11-16-18(20(16,3)4)19(24)22-13-15-5-6-17(21-12-15)23-7-9-25-10-8-23/h5-6,11-12,16,18H,7-10,13H2,1-4H3,(H,22,24)/t16-,18-/m0/s1. The molecule has 1 aromatic rings. The Morgan fingerprint density at radius 1 is 1.36 bits per heavy atom. The van der Waals surface area contributed by atoms with Gasteiger partial charge < -0.3 is 15.0 Å². The summed E-state index contributed by atoms with van der Waals surface area (Å²) in [4.78, 5) is 19.3. The average Bonchev–Trinajstić information content (AvgIpc) is 3.13. The van der Waals surface area contributed by atoms with Crippen LogP contribution >= 0.6 is 0 Å². The van der Waals surface area contributed by atoms with Crippen molar-refractivity contribution in [2.24, 2.45) is 17.3 Å². The number of carbonyl (C=O) groups excluding carboxylic acids is 1. The largest absolute Gasteiger partial charge is 0.378 e. The molecular formula is C20H29N3O2. The zero-order valence-electron chi connectivity index (χ0n) is 15.7. The Balaban J connectivity index is 1.53. The fourth-order valence-corrected chi connectivity index (χ4v) is 3.65. The second kappa shape index (κ2) is 7.16. The van der Waals surface area contributed by atoms with Crippen LogP contribution in [0.1, 0.15) is 33.3 Å². The van der Waals surface area contributed by atoms with Crippen LogP contribution in [0.2, 0.25) is 0 Å². The Kier molecular flexibility index (Phi) is 5.13. The molecule has 1 saturated heterocycles. The third kappa shape index (κ3) is 4.03. The molecule has 2 fully saturated rings. The lowest BCUT2D eigenvalue weighted by Gasteiger charge is -2.27. The van der Waals surface area contributed by atoms with E-state index in [0.29, 0.717) is 12.5 Å². The first-order valence-electron chi connectivity index (χ1n) is 9.10. The highest BCUT2D eigenvalue weighted by atomic mass is 16.5. The molecule has 1 amide bonds. The van der Waals surface area contributed by atoms with Crippen molar-refractivity contribution < 1.29 is 9.53 Å². The number of amides is 1. The number of allylic oxidation sites excluding steroid dienone is 2. The molecule has 0 spiro atoms. The molecule has 5 heteroatoms. The highest BCUT2D eigenvalue weighted by molar-refractivity contribution is 5.83. The van der Waals surface area contributed by atoms with Crippen LogP contribution in [0, 0.1) is 17.3 Å². The molecule has 1 aromatic heterocycles. The van der Waals surface area contributed by atoms with Crippen molar-refractivity contribution >= 4 is 11.7 Å². The second-order valence-corrected chi connectivity index (χ2v) is 7.91. The molecule has 0 radical (unpaired) electrons. The fourth-order valence-electron chi connectivity index (χ4n) is 3.65. The number of nitrogens with zero attached hydrogens (tertiary/aromatic N) is 2. The molecule has 136 valence electrons. The normalized spacial score (nSPS) is 24.6. The van der Waals surface area contributed by atoms with Gasteiger partial charge in [0.05, 0.1) is 19.1 Å². The van der Waals surface area contributed by atoms with Crippen molar-refractivity contribution in [3.05, 3.63) is 35.5 Å². The number of anilines is 1. The molecule has 0 aromatic carbocycles. The number of hydrogen-bond donors (Lipinski definition) is 1. The fraction of sp³-hybridized carbons (Fsp3) is 0.600. The molecular weight excluding hydrogens is 314 g/mol. The number of rotatable bonds is 5. The number of aromatic nitrogens is 1. The predicted molar refractivity (Wildman–Crippen MR) is 99.3 cm³/mol. The zero-order chi connectivity index (χ0) is 18.0. The lowest BCUT2D eigenvalue weighted by molar-refractivity contribution is -0.123. The summed E-state index contributed by atoms with van der Waals surface area (Å²) in [5, 5.41) is 3.08. The van der Waals surface area contributed by atoms with Gasteiger partial charge in [0.15, 0.2) is 0 Å². The van der Waals surface area contributed by atoms with Crippen LogP contribution in [0.3, 0.4) is 0 Å². The first kappa shape index (κ1) is 17.9. The Labute approximate surface area is 150 Å². The summed E-state index contributed by atoms with van der Waals surface area (Å²) in [6.45, 7) is 12.3. The monoisotopic (exact) mass is 343 g/mol. The van der Waals surface area contributed by atoms with Crippen molar-refractivity contribution in [1.29, 1.82) is 0 Å². The van der Waals surface area contributed by atoms with Crippen LogP contribution in [0.4, 0.5) is 5.82 Å². The average molecular weight is 343 g/mol. The van der Waals surface area contributed by atoms with Crippen LogP contribution in [-0.4, -0.2) is 37.2 Å². The van der Waals surface area contributed by atoms with E-state index in [1.165, 1.54) is 5.57 Å². The van der Waals surface area contributed by atoms with Crippen LogP contribution in [0.5, 0.6) is 0 Å². The summed E-state index contributed by atoms with van der Waals surface area (Å²) in [5.41, 5.74) is 2.36. The molecule has 2 atom stereocenters. The lowest BCUT2D eigenvalue weighted by Crippen LogP contribution is -2.36. The number of nitrogens with one attached hydrogen (secondary N) is 1. The van der Waals surface area contributed by atoms with E-state index in [9.17, 15) is 4.79 Å². The molecule has 2 aliphatic rings. The number of ether oxygens (including phenoxy) is 1. The Bertz CT molecular complexity index is 641. The van der Waals surface area contributed by atoms with E-state index >= 15 is 0 Å². The SMILES string of the molecule is CC(C)=C[C@H]1[C@@H](C(=O)NCc2ccc(N3CCOCC3)nc2)C1(C)C. The Morgan fingerprint density at radius 3 is 2.68 bits per heavy atom. The minimum atomic E-state index is 0.0554. The van der Waals surface area contributed by atoms with Crippen molar-refractivity contribution in [2.75, 3.05) is 31.2 Å². The molecule has 5 nitrogen and oxygen atoms in total. The van der Waals surface area contributed by atoms with Gasteiger partial charge in [-0.1, -0.05) is 31.6 Å². The van der Waals surface area contributed by atoms with Gasteiger partial charge >= 0.3 is 0 Å². The van der Waals surface area contributed by atoms with Crippen LogP contribution < -0.4 is 10.2 Å². The van der Waals surface area contributed by atoms with Crippen molar-refractivity contribution in [3.63, 3.8) is 0 Å². The minimum absolute atomic E-state index is 0.0554. The molecule has 25 heavy (non-hydrogen) atoms. The van der Waals surface area contributed by atoms with Crippen molar-refractivity contribution in [2.45, 2.75) is 34.2 Å². The van der Waals surface area contributed by atoms with Gasteiger partial charge in [0.2, 0.25) is 5.91 Å². The molecule has 1 aliphatic carbocycles. The summed E-state index contributed by atoms with van der Waals surface area (Å²) in [6, 6.07) is 4.07. The number of morpholine rings is 1. The topological polar surface area (TPSA) is 54.5 Å². The Morgan fingerprint density at radius 2 is 2.08 bits per heavy atom. The summed E-state index contributed by atoms with van der Waals surface area (Å²) < 4.78 is 5.37. The highest BCUT2D eigenvalue weighted by Crippen LogP contribution is 2.59. The highest BCUT2D eigenvalue weighted by Gasteiger charge is 2.60. The smallest absolute Gasteiger partial charge is 0.224 e. The van der Waals surface area contributed by atoms with E-state index in [-0.39, 0.29) is 17.2 Å². The van der Waals surface area contributed by atoms with Gasteiger partial charge in [-0.05, 0) is 36.8 Å². The predicted octanol–water partition coefficient (Wildman–Crippen LogP) is 2.77. The van der Waals surface area contributed by atoms with Gasteiger partial charge in [0.25, 0.3) is 0 Å². The summed E-state index contributed by atoms with van der Waals surface area (Å²) in [5.74, 6) is 1.54. The first-order chi connectivity index (χ1) is 11.9. The molecule has 0 unspecified atom stereocenters. The summed E-state index contributed by atoms with van der Waals surface area (Å²) in [6.07, 6.45) is 4.08. The van der Waals surface area contributed by atoms with E-state index in [4.69, 9.17) is 4.74 Å². The number of pyridine rings is 1. The third-order valence-corrected chi connectivity index (χ3v) is 5.32. The van der Waals surface area contributed by atoms with E-state index < -0.39 is 0 Å². The van der Waals surface area contributed by atoms with Gasteiger partial charge in [-0.25, -0.2) is 4.98 Å². The number of carbonyl (C=O) groups is 1. The maximum absolute atomic E-state index is 12.5. The van der Waals surface area contributed by atoms with Gasteiger partial charge in [-0.15, -0.1) is 0 Å². The molecule has 0 bridgehead atoms. The molecule has 2 heterocycles. The van der Waals surface area contributed by atoms with Crippen LogP contribution in [0.25, 0.3) is 0 Å². The molecule has 1 N–H and O–H groups in total. The van der Waals surface area contributed by atoms with Gasteiger partial charge in [0.1, 0.15) is 5.82 Å². The summed E-state index contributed by atoms with van der Waals surface area (Å²) in [7, 11) is 0. The van der Waals surface area contributed by atoms with Gasteiger partial charge in [0, 0.05) is 25.8 Å². The molecule has 1 saturated carbocycles. The molecule has 3 rings (SSSR count). The van der Waals surface area contributed by atoms with Crippen molar-refractivity contribution in [1.82, 2.24) is 10.3 Å². The van der Waals surface area contributed by atoms with Crippen molar-refractivity contribution in [3.8, 4) is 0 Å². The van der Waals surface area contributed by atoms with E-state index in [2.05, 4.69) is 49.0 Å². The second-order valence-electron chi connectivity index (χ2n) is 7.91. The maximum Gasteiger partial charge on any atom is 0.224 e. The third-order valence-electron chi connectivity index (χ3n) is 5.32.